The maximum absolute atomic E-state index is 13.4. The van der Waals surface area contributed by atoms with Crippen molar-refractivity contribution in [3.05, 3.63) is 29.6 Å². The molecule has 1 amide bonds. The molecule has 0 heterocycles. The van der Waals surface area contributed by atoms with Crippen molar-refractivity contribution in [2.45, 2.75) is 6.18 Å². The molecule has 0 aliphatic carbocycles. The fourth-order valence-electron chi connectivity index (χ4n) is 1.57. The Morgan fingerprint density at radius 1 is 1.40 bits per heavy atom. The standard InChI is InChI=1S/C12H13F4NO3/c1-20-10-3-2-8(6-9(10)13)11(19)17(4-5-18)7-12(14,15)16/h2-3,6,18H,4-5,7H2,1H3. The summed E-state index contributed by atoms with van der Waals surface area (Å²) in [5, 5.41) is 8.71. The first kappa shape index (κ1) is 16.2. The van der Waals surface area contributed by atoms with Crippen LogP contribution in [0.25, 0.3) is 0 Å². The molecule has 0 bridgehead atoms. The zero-order chi connectivity index (χ0) is 15.3. The molecule has 0 fully saturated rings. The van der Waals surface area contributed by atoms with Gasteiger partial charge in [-0.05, 0) is 18.2 Å². The van der Waals surface area contributed by atoms with Crippen LogP contribution in [0.3, 0.4) is 0 Å². The molecule has 1 aromatic carbocycles. The van der Waals surface area contributed by atoms with Crippen LogP contribution in [0.4, 0.5) is 17.6 Å². The number of hydrogen-bond donors (Lipinski definition) is 1. The molecule has 1 aromatic rings. The first-order valence-corrected chi connectivity index (χ1v) is 5.59. The minimum absolute atomic E-state index is 0.119. The van der Waals surface area contributed by atoms with Crippen molar-refractivity contribution in [1.29, 1.82) is 0 Å². The number of aliphatic hydroxyl groups is 1. The van der Waals surface area contributed by atoms with Crippen molar-refractivity contribution in [1.82, 2.24) is 4.90 Å². The van der Waals surface area contributed by atoms with E-state index < -0.39 is 37.6 Å². The lowest BCUT2D eigenvalue weighted by Crippen LogP contribution is -2.40. The molecule has 1 N–H and O–H groups in total. The summed E-state index contributed by atoms with van der Waals surface area (Å²) in [5.41, 5.74) is -0.249. The third-order valence-electron chi connectivity index (χ3n) is 2.43. The number of aliphatic hydroxyl groups excluding tert-OH is 1. The van der Waals surface area contributed by atoms with Crippen LogP contribution in [0.1, 0.15) is 10.4 Å². The number of rotatable bonds is 5. The number of carbonyl (C=O) groups is 1. The van der Waals surface area contributed by atoms with E-state index in [4.69, 9.17) is 5.11 Å². The van der Waals surface area contributed by atoms with Gasteiger partial charge < -0.3 is 14.7 Å². The second-order valence-electron chi connectivity index (χ2n) is 3.91. The van der Waals surface area contributed by atoms with E-state index in [1.54, 1.807) is 0 Å². The van der Waals surface area contributed by atoms with E-state index in [0.717, 1.165) is 18.2 Å². The highest BCUT2D eigenvalue weighted by Gasteiger charge is 2.33. The number of hydrogen-bond acceptors (Lipinski definition) is 3. The summed E-state index contributed by atoms with van der Waals surface area (Å²) in [4.78, 5) is 12.3. The molecule has 0 saturated carbocycles. The Morgan fingerprint density at radius 2 is 2.05 bits per heavy atom. The van der Waals surface area contributed by atoms with Crippen LogP contribution in [0.2, 0.25) is 0 Å². The van der Waals surface area contributed by atoms with E-state index in [-0.39, 0.29) is 11.3 Å². The summed E-state index contributed by atoms with van der Waals surface area (Å²) in [6, 6.07) is 3.10. The first-order chi connectivity index (χ1) is 9.28. The maximum atomic E-state index is 13.4. The Labute approximate surface area is 112 Å². The third-order valence-corrected chi connectivity index (χ3v) is 2.43. The van der Waals surface area contributed by atoms with Gasteiger partial charge in [0.2, 0.25) is 0 Å². The van der Waals surface area contributed by atoms with Crippen molar-refractivity contribution in [3.8, 4) is 5.75 Å². The largest absolute Gasteiger partial charge is 0.494 e. The van der Waals surface area contributed by atoms with Gasteiger partial charge in [-0.15, -0.1) is 0 Å². The predicted molar refractivity (Wildman–Crippen MR) is 62.0 cm³/mol. The van der Waals surface area contributed by atoms with Crippen LogP contribution in [0.5, 0.6) is 5.75 Å². The fraction of sp³-hybridized carbons (Fsp3) is 0.417. The Kier molecular flexibility index (Phi) is 5.32. The van der Waals surface area contributed by atoms with E-state index in [1.165, 1.54) is 7.11 Å². The molecule has 0 atom stereocenters. The molecular weight excluding hydrogens is 282 g/mol. The van der Waals surface area contributed by atoms with Crippen LogP contribution < -0.4 is 4.74 Å². The lowest BCUT2D eigenvalue weighted by Gasteiger charge is -2.23. The highest BCUT2D eigenvalue weighted by Crippen LogP contribution is 2.21. The lowest BCUT2D eigenvalue weighted by atomic mass is 10.2. The highest BCUT2D eigenvalue weighted by molar-refractivity contribution is 5.94. The van der Waals surface area contributed by atoms with Crippen LogP contribution in [0, 0.1) is 5.82 Å². The second-order valence-corrected chi connectivity index (χ2v) is 3.91. The van der Waals surface area contributed by atoms with Crippen LogP contribution in [0.15, 0.2) is 18.2 Å². The van der Waals surface area contributed by atoms with E-state index in [0.29, 0.717) is 4.90 Å². The number of benzene rings is 1. The van der Waals surface area contributed by atoms with Gasteiger partial charge in [0, 0.05) is 12.1 Å². The quantitative estimate of drug-likeness (QED) is 0.843. The van der Waals surface area contributed by atoms with Gasteiger partial charge in [-0.3, -0.25) is 4.79 Å². The Balaban J connectivity index is 2.97. The van der Waals surface area contributed by atoms with Gasteiger partial charge in [0.05, 0.1) is 13.7 Å². The topological polar surface area (TPSA) is 49.8 Å². The molecule has 0 aliphatic heterocycles. The first-order valence-electron chi connectivity index (χ1n) is 5.59. The molecule has 112 valence electrons. The van der Waals surface area contributed by atoms with Gasteiger partial charge in [0.15, 0.2) is 11.6 Å². The van der Waals surface area contributed by atoms with Crippen LogP contribution in [-0.2, 0) is 0 Å². The Bertz CT molecular complexity index is 476. The van der Waals surface area contributed by atoms with Crippen molar-refractivity contribution in [2.75, 3.05) is 26.8 Å². The third kappa shape index (κ3) is 4.37. The number of methoxy groups -OCH3 is 1. The predicted octanol–water partition coefficient (Wildman–Crippen LogP) is 1.83. The summed E-state index contributed by atoms with van der Waals surface area (Å²) in [7, 11) is 1.22. The molecule has 0 aliphatic rings. The van der Waals surface area contributed by atoms with Crippen molar-refractivity contribution in [2.24, 2.45) is 0 Å². The minimum Gasteiger partial charge on any atom is -0.494 e. The number of nitrogens with zero attached hydrogens (tertiary/aromatic N) is 1. The van der Waals surface area contributed by atoms with E-state index >= 15 is 0 Å². The minimum atomic E-state index is -4.60. The Hall–Kier alpha value is -1.83. The molecule has 1 rings (SSSR count). The monoisotopic (exact) mass is 295 g/mol. The highest BCUT2D eigenvalue weighted by atomic mass is 19.4. The molecule has 0 unspecified atom stereocenters. The SMILES string of the molecule is COc1ccc(C(=O)N(CCO)CC(F)(F)F)cc1F. The number of halogens is 4. The van der Waals surface area contributed by atoms with E-state index in [1.807, 2.05) is 0 Å². The van der Waals surface area contributed by atoms with Crippen LogP contribution >= 0.6 is 0 Å². The molecule has 0 radical (unpaired) electrons. The number of ether oxygens (including phenoxy) is 1. The summed E-state index contributed by atoms with van der Waals surface area (Å²) >= 11 is 0. The summed E-state index contributed by atoms with van der Waals surface area (Å²) in [6.45, 7) is -2.63. The molecule has 0 saturated heterocycles. The van der Waals surface area contributed by atoms with Gasteiger partial charge in [0.25, 0.3) is 5.91 Å². The average molecular weight is 295 g/mol. The summed E-state index contributed by atoms with van der Waals surface area (Å²) in [5.74, 6) is -1.99. The van der Waals surface area contributed by atoms with Crippen molar-refractivity contribution < 1.29 is 32.2 Å². The van der Waals surface area contributed by atoms with Crippen molar-refractivity contribution >= 4 is 5.91 Å². The number of amides is 1. The summed E-state index contributed by atoms with van der Waals surface area (Å²) in [6.07, 6.45) is -4.60. The van der Waals surface area contributed by atoms with E-state index in [2.05, 4.69) is 4.74 Å². The zero-order valence-electron chi connectivity index (χ0n) is 10.6. The molecule has 0 spiro atoms. The fourth-order valence-corrected chi connectivity index (χ4v) is 1.57. The average Bonchev–Trinajstić information content (AvgIpc) is 2.35. The molecule has 20 heavy (non-hydrogen) atoms. The van der Waals surface area contributed by atoms with E-state index in [9.17, 15) is 22.4 Å². The lowest BCUT2D eigenvalue weighted by molar-refractivity contribution is -0.141. The Morgan fingerprint density at radius 3 is 2.50 bits per heavy atom. The van der Waals surface area contributed by atoms with Gasteiger partial charge in [-0.1, -0.05) is 0 Å². The zero-order valence-corrected chi connectivity index (χ0v) is 10.6. The maximum Gasteiger partial charge on any atom is 0.406 e. The second kappa shape index (κ2) is 6.56. The molecular formula is C12H13F4NO3. The van der Waals surface area contributed by atoms with Gasteiger partial charge in [-0.25, -0.2) is 4.39 Å². The van der Waals surface area contributed by atoms with Gasteiger partial charge in [-0.2, -0.15) is 13.2 Å². The molecule has 0 aromatic heterocycles. The molecule has 4 nitrogen and oxygen atoms in total. The summed E-state index contributed by atoms with van der Waals surface area (Å²) < 4.78 is 55.1. The normalized spacial score (nSPS) is 11.3. The number of carbonyl (C=O) groups excluding carboxylic acids is 1. The van der Waals surface area contributed by atoms with Crippen LogP contribution in [-0.4, -0.2) is 48.9 Å². The van der Waals surface area contributed by atoms with Gasteiger partial charge >= 0.3 is 6.18 Å². The molecule has 8 heteroatoms. The van der Waals surface area contributed by atoms with Gasteiger partial charge in [0.1, 0.15) is 6.54 Å². The smallest absolute Gasteiger partial charge is 0.406 e. The van der Waals surface area contributed by atoms with Crippen molar-refractivity contribution in [3.63, 3.8) is 0 Å². The number of alkyl halides is 3.